The van der Waals surface area contributed by atoms with Crippen LogP contribution in [0.4, 0.5) is 5.69 Å². The monoisotopic (exact) mass is 238 g/mol. The van der Waals surface area contributed by atoms with Crippen LogP contribution in [0.2, 0.25) is 0 Å². The number of aryl methyl sites for hydroxylation is 1. The molecule has 0 saturated heterocycles. The van der Waals surface area contributed by atoms with Crippen LogP contribution >= 0.6 is 0 Å². The van der Waals surface area contributed by atoms with E-state index in [0.29, 0.717) is 6.54 Å². The molecule has 0 bridgehead atoms. The lowest BCUT2D eigenvalue weighted by Gasteiger charge is -2.11. The third-order valence-electron chi connectivity index (χ3n) is 3.67. The fourth-order valence-corrected chi connectivity index (χ4v) is 2.72. The van der Waals surface area contributed by atoms with E-state index in [-0.39, 0.29) is 0 Å². The third-order valence-corrected chi connectivity index (χ3v) is 3.67. The second-order valence-corrected chi connectivity index (χ2v) is 4.86. The van der Waals surface area contributed by atoms with E-state index < -0.39 is 0 Å². The summed E-state index contributed by atoms with van der Waals surface area (Å²) in [7, 11) is 0. The second-order valence-electron chi connectivity index (χ2n) is 4.86. The highest BCUT2D eigenvalue weighted by Crippen LogP contribution is 2.35. The molecule has 2 nitrogen and oxygen atoms in total. The number of rotatable bonds is 2. The first kappa shape index (κ1) is 11.3. The van der Waals surface area contributed by atoms with Gasteiger partial charge in [-0.1, -0.05) is 30.3 Å². The molecule has 92 valence electrons. The molecule has 1 aliphatic heterocycles. The van der Waals surface area contributed by atoms with Crippen molar-refractivity contribution in [1.82, 2.24) is 0 Å². The first-order valence-corrected chi connectivity index (χ1v) is 6.45. The summed E-state index contributed by atoms with van der Waals surface area (Å²) in [5, 5.41) is 3.48. The van der Waals surface area contributed by atoms with Crippen LogP contribution in [0, 0.1) is 6.92 Å². The molecule has 0 unspecified atom stereocenters. The van der Waals surface area contributed by atoms with Crippen molar-refractivity contribution in [2.45, 2.75) is 19.9 Å². The van der Waals surface area contributed by atoms with E-state index in [0.717, 1.165) is 13.0 Å². The molecule has 1 heterocycles. The average Bonchev–Trinajstić information content (AvgIpc) is 2.89. The lowest BCUT2D eigenvalue weighted by atomic mass is 9.95. The van der Waals surface area contributed by atoms with Gasteiger partial charge in [0.2, 0.25) is 0 Å². The van der Waals surface area contributed by atoms with Crippen LogP contribution in [0.15, 0.2) is 36.4 Å². The van der Waals surface area contributed by atoms with Crippen LogP contribution in [0.3, 0.4) is 0 Å². The molecule has 0 saturated carbocycles. The maximum atomic E-state index is 5.72. The number of hydrogen-bond donors (Lipinski definition) is 2. The molecule has 0 fully saturated rings. The normalized spacial score (nSPS) is 13.2. The molecule has 3 N–H and O–H groups in total. The van der Waals surface area contributed by atoms with Crippen LogP contribution in [-0.4, -0.2) is 6.54 Å². The molecular weight excluding hydrogens is 220 g/mol. The summed E-state index contributed by atoms with van der Waals surface area (Å²) in [4.78, 5) is 0. The molecule has 0 atom stereocenters. The minimum atomic E-state index is 0.597. The van der Waals surface area contributed by atoms with Gasteiger partial charge >= 0.3 is 0 Å². The molecule has 0 radical (unpaired) electrons. The van der Waals surface area contributed by atoms with Gasteiger partial charge < -0.3 is 11.1 Å². The van der Waals surface area contributed by atoms with Crippen molar-refractivity contribution < 1.29 is 0 Å². The van der Waals surface area contributed by atoms with Crippen molar-refractivity contribution in [2.24, 2.45) is 5.73 Å². The minimum Gasteiger partial charge on any atom is -0.384 e. The van der Waals surface area contributed by atoms with Gasteiger partial charge in [0.15, 0.2) is 0 Å². The number of benzene rings is 2. The zero-order chi connectivity index (χ0) is 12.5. The maximum absolute atomic E-state index is 5.72. The summed E-state index contributed by atoms with van der Waals surface area (Å²) >= 11 is 0. The van der Waals surface area contributed by atoms with Gasteiger partial charge in [0, 0.05) is 18.8 Å². The first-order valence-electron chi connectivity index (χ1n) is 6.45. The Kier molecular flexibility index (Phi) is 2.80. The quantitative estimate of drug-likeness (QED) is 0.843. The van der Waals surface area contributed by atoms with Crippen molar-refractivity contribution in [3.8, 4) is 11.1 Å². The zero-order valence-corrected chi connectivity index (χ0v) is 10.7. The minimum absolute atomic E-state index is 0.597. The van der Waals surface area contributed by atoms with Gasteiger partial charge in [0.25, 0.3) is 0 Å². The second kappa shape index (κ2) is 4.46. The van der Waals surface area contributed by atoms with Crippen molar-refractivity contribution >= 4 is 5.69 Å². The van der Waals surface area contributed by atoms with E-state index in [1.807, 2.05) is 0 Å². The van der Waals surface area contributed by atoms with Gasteiger partial charge in [-0.15, -0.1) is 0 Å². The Hall–Kier alpha value is -1.80. The van der Waals surface area contributed by atoms with Gasteiger partial charge in [-0.25, -0.2) is 0 Å². The van der Waals surface area contributed by atoms with Gasteiger partial charge in [-0.3, -0.25) is 0 Å². The Morgan fingerprint density at radius 1 is 1.22 bits per heavy atom. The summed E-state index contributed by atoms with van der Waals surface area (Å²) in [5.74, 6) is 0. The smallest absolute Gasteiger partial charge is 0.0409 e. The molecule has 1 aliphatic rings. The van der Waals surface area contributed by atoms with E-state index in [9.17, 15) is 0 Å². The Bertz CT molecular complexity index is 588. The molecule has 2 heteroatoms. The molecule has 0 aromatic heterocycles. The molecule has 18 heavy (non-hydrogen) atoms. The number of nitrogens with two attached hydrogens (primary N) is 1. The average molecular weight is 238 g/mol. The SMILES string of the molecule is Cc1ccc(-c2cccc(CN)c2)c2c1NCC2. The predicted octanol–water partition coefficient (Wildman–Crippen LogP) is 3.09. The van der Waals surface area contributed by atoms with Gasteiger partial charge in [0.05, 0.1) is 0 Å². The van der Waals surface area contributed by atoms with Crippen LogP contribution in [0.5, 0.6) is 0 Å². The Morgan fingerprint density at radius 3 is 2.94 bits per heavy atom. The van der Waals surface area contributed by atoms with Crippen LogP contribution in [0.1, 0.15) is 16.7 Å². The summed E-state index contributed by atoms with van der Waals surface area (Å²) in [5.41, 5.74) is 13.6. The third kappa shape index (κ3) is 1.79. The summed E-state index contributed by atoms with van der Waals surface area (Å²) < 4.78 is 0. The Labute approximate surface area is 108 Å². The van der Waals surface area contributed by atoms with Gasteiger partial charge in [-0.05, 0) is 47.2 Å². The maximum Gasteiger partial charge on any atom is 0.0409 e. The molecule has 2 aromatic rings. The highest BCUT2D eigenvalue weighted by atomic mass is 14.9. The van der Waals surface area contributed by atoms with Gasteiger partial charge in [0.1, 0.15) is 0 Å². The molecule has 0 amide bonds. The molecular formula is C16H18N2. The van der Waals surface area contributed by atoms with Crippen LogP contribution < -0.4 is 11.1 Å². The van der Waals surface area contributed by atoms with E-state index in [1.165, 1.54) is 33.5 Å². The highest BCUT2D eigenvalue weighted by Gasteiger charge is 2.17. The predicted molar refractivity (Wildman–Crippen MR) is 76.7 cm³/mol. The zero-order valence-electron chi connectivity index (χ0n) is 10.7. The highest BCUT2D eigenvalue weighted by molar-refractivity contribution is 5.78. The van der Waals surface area contributed by atoms with Crippen LogP contribution in [-0.2, 0) is 13.0 Å². The Balaban J connectivity index is 2.15. The van der Waals surface area contributed by atoms with Crippen molar-refractivity contribution in [3.05, 3.63) is 53.1 Å². The van der Waals surface area contributed by atoms with Crippen molar-refractivity contribution in [1.29, 1.82) is 0 Å². The topological polar surface area (TPSA) is 38.0 Å². The summed E-state index contributed by atoms with van der Waals surface area (Å²) in [6.07, 6.45) is 1.11. The summed E-state index contributed by atoms with van der Waals surface area (Å²) in [6, 6.07) is 13.0. The van der Waals surface area contributed by atoms with E-state index in [4.69, 9.17) is 5.73 Å². The van der Waals surface area contributed by atoms with E-state index >= 15 is 0 Å². The summed E-state index contributed by atoms with van der Waals surface area (Å²) in [6.45, 7) is 3.81. The number of anilines is 1. The van der Waals surface area contributed by atoms with E-state index in [2.05, 4.69) is 48.6 Å². The standard InChI is InChI=1S/C16H18N2/c1-11-5-6-14(15-7-8-18-16(11)15)13-4-2-3-12(9-13)10-17/h2-6,9,18H,7-8,10,17H2,1H3. The number of nitrogens with one attached hydrogen (secondary N) is 1. The van der Waals surface area contributed by atoms with Crippen molar-refractivity contribution in [2.75, 3.05) is 11.9 Å². The first-order chi connectivity index (χ1) is 8.79. The number of fused-ring (bicyclic) bond motifs is 1. The fraction of sp³-hybridized carbons (Fsp3) is 0.250. The van der Waals surface area contributed by atoms with Crippen LogP contribution in [0.25, 0.3) is 11.1 Å². The molecule has 3 rings (SSSR count). The molecule has 0 spiro atoms. The molecule has 0 aliphatic carbocycles. The lowest BCUT2D eigenvalue weighted by Crippen LogP contribution is -1.96. The largest absolute Gasteiger partial charge is 0.384 e. The van der Waals surface area contributed by atoms with Gasteiger partial charge in [-0.2, -0.15) is 0 Å². The lowest BCUT2D eigenvalue weighted by molar-refractivity contribution is 1.07. The molecule has 2 aromatic carbocycles. The Morgan fingerprint density at radius 2 is 2.11 bits per heavy atom. The van der Waals surface area contributed by atoms with Crippen molar-refractivity contribution in [3.63, 3.8) is 0 Å². The fourth-order valence-electron chi connectivity index (χ4n) is 2.72. The number of hydrogen-bond acceptors (Lipinski definition) is 2. The van der Waals surface area contributed by atoms with E-state index in [1.54, 1.807) is 0 Å².